The van der Waals surface area contributed by atoms with Gasteiger partial charge in [-0.15, -0.1) is 6.58 Å². The van der Waals surface area contributed by atoms with Gasteiger partial charge in [-0.25, -0.2) is 4.79 Å². The number of unbranched alkanes of at least 4 members (excludes halogenated alkanes) is 6. The van der Waals surface area contributed by atoms with Gasteiger partial charge < -0.3 is 18.9 Å². The Morgan fingerprint density at radius 1 is 0.853 bits per heavy atom. The SMILES string of the molecule is C=CCCCCCCCCOc1ccc(C(=O)Oc2ccc(OC[C@@H]3O[C@H]3CCC)cc2)cc1. The van der Waals surface area contributed by atoms with E-state index in [9.17, 15) is 4.79 Å². The Balaban J connectivity index is 1.31. The van der Waals surface area contributed by atoms with Gasteiger partial charge in [-0.3, -0.25) is 0 Å². The van der Waals surface area contributed by atoms with Crippen molar-refractivity contribution in [3.8, 4) is 17.2 Å². The Morgan fingerprint density at radius 3 is 2.18 bits per heavy atom. The summed E-state index contributed by atoms with van der Waals surface area (Å²) in [6, 6.07) is 14.2. The third-order valence-corrected chi connectivity index (χ3v) is 5.87. The van der Waals surface area contributed by atoms with E-state index < -0.39 is 5.97 Å². The first-order chi connectivity index (χ1) is 16.7. The highest BCUT2D eigenvalue weighted by Crippen LogP contribution is 2.28. The Kier molecular flexibility index (Phi) is 11.0. The van der Waals surface area contributed by atoms with Crippen molar-refractivity contribution in [2.75, 3.05) is 13.2 Å². The van der Waals surface area contributed by atoms with Crippen molar-refractivity contribution in [1.29, 1.82) is 0 Å². The van der Waals surface area contributed by atoms with E-state index in [1.54, 1.807) is 36.4 Å². The number of hydrogen-bond acceptors (Lipinski definition) is 5. The van der Waals surface area contributed by atoms with Crippen molar-refractivity contribution in [3.05, 3.63) is 66.7 Å². The number of ether oxygens (including phenoxy) is 4. The van der Waals surface area contributed by atoms with E-state index in [1.165, 1.54) is 32.1 Å². The highest BCUT2D eigenvalue weighted by atomic mass is 16.6. The summed E-state index contributed by atoms with van der Waals surface area (Å²) < 4.78 is 22.6. The van der Waals surface area contributed by atoms with Gasteiger partial charge >= 0.3 is 5.97 Å². The summed E-state index contributed by atoms with van der Waals surface area (Å²) in [5.41, 5.74) is 0.486. The average molecular weight is 467 g/mol. The van der Waals surface area contributed by atoms with Gasteiger partial charge in [0.25, 0.3) is 0 Å². The summed E-state index contributed by atoms with van der Waals surface area (Å²) in [6.45, 7) is 7.14. The van der Waals surface area contributed by atoms with E-state index in [0.29, 0.717) is 30.6 Å². The molecule has 5 nitrogen and oxygen atoms in total. The van der Waals surface area contributed by atoms with Crippen LogP contribution in [0.1, 0.15) is 75.1 Å². The molecule has 34 heavy (non-hydrogen) atoms. The number of esters is 1. The van der Waals surface area contributed by atoms with Gasteiger partial charge in [-0.05, 0) is 74.2 Å². The van der Waals surface area contributed by atoms with Crippen molar-refractivity contribution >= 4 is 5.97 Å². The van der Waals surface area contributed by atoms with E-state index in [0.717, 1.165) is 37.2 Å². The number of allylic oxidation sites excluding steroid dienone is 1. The van der Waals surface area contributed by atoms with Crippen molar-refractivity contribution in [3.63, 3.8) is 0 Å². The zero-order valence-corrected chi connectivity index (χ0v) is 20.4. The molecule has 184 valence electrons. The quantitative estimate of drug-likeness (QED) is 0.0815. The van der Waals surface area contributed by atoms with Gasteiger partial charge in [0.15, 0.2) is 0 Å². The Morgan fingerprint density at radius 2 is 1.47 bits per heavy atom. The van der Waals surface area contributed by atoms with Crippen LogP contribution in [0.15, 0.2) is 61.2 Å². The molecule has 1 heterocycles. The number of carbonyl (C=O) groups excluding carboxylic acids is 1. The van der Waals surface area contributed by atoms with E-state index in [-0.39, 0.29) is 6.10 Å². The van der Waals surface area contributed by atoms with E-state index in [4.69, 9.17) is 18.9 Å². The fourth-order valence-corrected chi connectivity index (χ4v) is 3.79. The second-order valence-corrected chi connectivity index (χ2v) is 8.75. The molecule has 1 fully saturated rings. The van der Waals surface area contributed by atoms with E-state index in [2.05, 4.69) is 13.5 Å². The zero-order valence-electron chi connectivity index (χ0n) is 20.4. The van der Waals surface area contributed by atoms with Gasteiger partial charge in [-0.2, -0.15) is 0 Å². The summed E-state index contributed by atoms with van der Waals surface area (Å²) >= 11 is 0. The lowest BCUT2D eigenvalue weighted by Gasteiger charge is -2.08. The molecule has 0 aliphatic carbocycles. The maximum absolute atomic E-state index is 12.4. The first kappa shape index (κ1) is 25.8. The second kappa shape index (κ2) is 14.5. The molecule has 3 rings (SSSR count). The van der Waals surface area contributed by atoms with Crippen LogP contribution in [0.3, 0.4) is 0 Å². The molecule has 1 saturated heterocycles. The lowest BCUT2D eigenvalue weighted by atomic mass is 10.1. The van der Waals surface area contributed by atoms with Gasteiger partial charge in [-0.1, -0.05) is 45.1 Å². The Labute approximate surface area is 204 Å². The highest BCUT2D eigenvalue weighted by molar-refractivity contribution is 5.91. The predicted octanol–water partition coefficient (Wildman–Crippen LogP) is 7.15. The van der Waals surface area contributed by atoms with Crippen LogP contribution in [0.5, 0.6) is 17.2 Å². The third kappa shape index (κ3) is 9.22. The van der Waals surface area contributed by atoms with Crippen molar-refractivity contribution < 1.29 is 23.7 Å². The zero-order chi connectivity index (χ0) is 24.0. The number of benzene rings is 2. The first-order valence-electron chi connectivity index (χ1n) is 12.6. The van der Waals surface area contributed by atoms with Crippen molar-refractivity contribution in [2.24, 2.45) is 0 Å². The van der Waals surface area contributed by atoms with Crippen LogP contribution < -0.4 is 14.2 Å². The molecule has 0 radical (unpaired) electrons. The molecule has 0 bridgehead atoms. The number of rotatable bonds is 17. The molecule has 0 N–H and O–H groups in total. The molecule has 0 amide bonds. The van der Waals surface area contributed by atoms with Gasteiger partial charge in [0.1, 0.15) is 30.0 Å². The number of epoxide rings is 1. The van der Waals surface area contributed by atoms with Crippen LogP contribution in [-0.4, -0.2) is 31.4 Å². The number of hydrogen-bond donors (Lipinski definition) is 0. The smallest absolute Gasteiger partial charge is 0.343 e. The second-order valence-electron chi connectivity index (χ2n) is 8.75. The van der Waals surface area contributed by atoms with Crippen LogP contribution in [0, 0.1) is 0 Å². The Hall–Kier alpha value is -2.79. The fourth-order valence-electron chi connectivity index (χ4n) is 3.79. The van der Waals surface area contributed by atoms with Crippen LogP contribution in [0.4, 0.5) is 0 Å². The number of carbonyl (C=O) groups is 1. The normalized spacial score (nSPS) is 16.6. The summed E-state index contributed by atoms with van der Waals surface area (Å²) in [5, 5.41) is 0. The lowest BCUT2D eigenvalue weighted by Crippen LogP contribution is -2.09. The lowest BCUT2D eigenvalue weighted by molar-refractivity contribution is 0.0734. The molecule has 0 spiro atoms. The monoisotopic (exact) mass is 466 g/mol. The van der Waals surface area contributed by atoms with Gasteiger partial charge in [0, 0.05) is 0 Å². The van der Waals surface area contributed by atoms with E-state index >= 15 is 0 Å². The summed E-state index contributed by atoms with van der Waals surface area (Å²) in [7, 11) is 0. The molecule has 1 aliphatic rings. The molecule has 1 aliphatic heterocycles. The third-order valence-electron chi connectivity index (χ3n) is 5.87. The van der Waals surface area contributed by atoms with Gasteiger partial charge in [0.2, 0.25) is 0 Å². The minimum atomic E-state index is -0.398. The average Bonchev–Trinajstić information content (AvgIpc) is 3.61. The summed E-state index contributed by atoms with van der Waals surface area (Å²) in [6.07, 6.45) is 13.1. The molecule has 2 atom stereocenters. The maximum Gasteiger partial charge on any atom is 0.343 e. The first-order valence-corrected chi connectivity index (χ1v) is 12.6. The fraction of sp³-hybridized carbons (Fsp3) is 0.483. The van der Waals surface area contributed by atoms with E-state index in [1.807, 2.05) is 18.2 Å². The van der Waals surface area contributed by atoms with Crippen LogP contribution in [-0.2, 0) is 4.74 Å². The molecule has 0 saturated carbocycles. The summed E-state index contributed by atoms with van der Waals surface area (Å²) in [4.78, 5) is 12.4. The molecule has 0 aromatic heterocycles. The molecule has 0 unspecified atom stereocenters. The maximum atomic E-state index is 12.4. The largest absolute Gasteiger partial charge is 0.494 e. The van der Waals surface area contributed by atoms with Crippen LogP contribution in [0.25, 0.3) is 0 Å². The summed E-state index contributed by atoms with van der Waals surface area (Å²) in [5.74, 6) is 1.59. The highest BCUT2D eigenvalue weighted by Gasteiger charge is 2.38. The van der Waals surface area contributed by atoms with Crippen molar-refractivity contribution in [1.82, 2.24) is 0 Å². The Bertz CT molecular complexity index is 859. The molecular weight excluding hydrogens is 428 g/mol. The van der Waals surface area contributed by atoms with Crippen LogP contribution >= 0.6 is 0 Å². The minimum Gasteiger partial charge on any atom is -0.494 e. The topological polar surface area (TPSA) is 57.3 Å². The molecule has 2 aromatic carbocycles. The minimum absolute atomic E-state index is 0.196. The predicted molar refractivity (Wildman–Crippen MR) is 135 cm³/mol. The molecular formula is C29H38O5. The standard InChI is InChI=1S/C29H38O5/c1-3-5-6-7-8-9-10-11-21-31-24-15-13-23(14-16-24)29(30)33-26-19-17-25(18-20-26)32-22-28-27(34-28)12-4-2/h3,13-20,27-28H,1,4-12,21-22H2,2H3/t27-,28-/m0/s1. The van der Waals surface area contributed by atoms with Crippen LogP contribution in [0.2, 0.25) is 0 Å². The molecule has 5 heteroatoms. The van der Waals surface area contributed by atoms with Gasteiger partial charge in [0.05, 0.1) is 18.3 Å². The van der Waals surface area contributed by atoms with Crippen molar-refractivity contribution in [2.45, 2.75) is 76.9 Å². The molecule has 2 aromatic rings.